The molecule has 1 atom stereocenters. The van der Waals surface area contributed by atoms with Gasteiger partial charge < -0.3 is 11.1 Å². The highest BCUT2D eigenvalue weighted by Gasteiger charge is 2.29. The van der Waals surface area contributed by atoms with Gasteiger partial charge in [-0.05, 0) is 68.0 Å². The summed E-state index contributed by atoms with van der Waals surface area (Å²) in [7, 11) is 0. The number of hydrogen-bond donors (Lipinski definition) is 2. The van der Waals surface area contributed by atoms with Crippen LogP contribution in [0.2, 0.25) is 0 Å². The Kier molecular flexibility index (Phi) is 3.92. The molecule has 2 aliphatic rings. The van der Waals surface area contributed by atoms with Crippen LogP contribution in [0.4, 0.5) is 5.69 Å². The van der Waals surface area contributed by atoms with Gasteiger partial charge in [-0.25, -0.2) is 0 Å². The average Bonchev–Trinajstić information content (AvgIpc) is 3.05. The summed E-state index contributed by atoms with van der Waals surface area (Å²) in [4.78, 5) is 4.53. The number of nitrogens with two attached hydrogens (primary N) is 1. The Labute approximate surface area is 125 Å². The first-order valence-electron chi connectivity index (χ1n) is 7.47. The summed E-state index contributed by atoms with van der Waals surface area (Å²) >= 11 is 2.02. The summed E-state index contributed by atoms with van der Waals surface area (Å²) in [5.74, 6) is 1.79. The van der Waals surface area contributed by atoms with Crippen LogP contribution in [-0.2, 0) is 12.8 Å². The lowest BCUT2D eigenvalue weighted by Gasteiger charge is -2.20. The molecule has 1 aromatic carbocycles. The second-order valence-electron chi connectivity index (χ2n) is 6.07. The van der Waals surface area contributed by atoms with Crippen molar-refractivity contribution in [2.24, 2.45) is 10.7 Å². The van der Waals surface area contributed by atoms with E-state index < -0.39 is 0 Å². The van der Waals surface area contributed by atoms with Crippen LogP contribution >= 0.6 is 11.8 Å². The number of rotatable bonds is 3. The van der Waals surface area contributed by atoms with Crippen LogP contribution in [-0.4, -0.2) is 23.0 Å². The summed E-state index contributed by atoms with van der Waals surface area (Å²) in [6.45, 7) is 3.10. The number of anilines is 1. The molecular formula is C16H23N3S. The minimum Gasteiger partial charge on any atom is -0.370 e. The first kappa shape index (κ1) is 13.8. The Morgan fingerprint density at radius 1 is 1.35 bits per heavy atom. The molecule has 1 aliphatic carbocycles. The largest absolute Gasteiger partial charge is 0.370 e. The highest BCUT2D eigenvalue weighted by atomic mass is 32.2. The monoisotopic (exact) mass is 289 g/mol. The average molecular weight is 289 g/mol. The van der Waals surface area contributed by atoms with Gasteiger partial charge in [0.1, 0.15) is 0 Å². The quantitative estimate of drug-likeness (QED) is 0.663. The van der Waals surface area contributed by atoms with Crippen LogP contribution in [0.1, 0.15) is 37.3 Å². The van der Waals surface area contributed by atoms with Crippen molar-refractivity contribution < 1.29 is 0 Å². The molecule has 0 bridgehead atoms. The van der Waals surface area contributed by atoms with Crippen molar-refractivity contribution in [3.8, 4) is 0 Å². The third-order valence-corrected chi connectivity index (χ3v) is 5.78. The molecule has 3 rings (SSSR count). The molecule has 0 aromatic heterocycles. The molecule has 0 amide bonds. The van der Waals surface area contributed by atoms with Crippen molar-refractivity contribution in [2.75, 3.05) is 17.6 Å². The van der Waals surface area contributed by atoms with Crippen LogP contribution in [0.25, 0.3) is 0 Å². The van der Waals surface area contributed by atoms with Gasteiger partial charge in [-0.3, -0.25) is 4.99 Å². The van der Waals surface area contributed by atoms with Gasteiger partial charge in [0.05, 0.1) is 6.54 Å². The van der Waals surface area contributed by atoms with Gasteiger partial charge in [0.2, 0.25) is 0 Å². The summed E-state index contributed by atoms with van der Waals surface area (Å²) in [6.07, 6.45) is 6.23. The fourth-order valence-electron chi connectivity index (χ4n) is 3.05. The number of thioether (sulfide) groups is 1. The standard InChI is InChI=1S/C16H23N3S/c1-16(8-3-9-20-16)11-18-15(17)19-14-7-6-12-4-2-5-13(12)10-14/h6-7,10H,2-5,8-9,11H2,1H3,(H3,17,18,19). The Hall–Kier alpha value is -1.16. The zero-order valence-electron chi connectivity index (χ0n) is 12.1. The van der Waals surface area contributed by atoms with E-state index in [9.17, 15) is 0 Å². The van der Waals surface area contributed by atoms with Crippen LogP contribution in [0.3, 0.4) is 0 Å². The van der Waals surface area contributed by atoms with E-state index >= 15 is 0 Å². The van der Waals surface area contributed by atoms with Gasteiger partial charge in [-0.1, -0.05) is 6.07 Å². The Morgan fingerprint density at radius 2 is 2.20 bits per heavy atom. The Bertz CT molecular complexity index is 518. The summed E-state index contributed by atoms with van der Waals surface area (Å²) in [5.41, 5.74) is 10.0. The molecule has 3 N–H and O–H groups in total. The summed E-state index contributed by atoms with van der Waals surface area (Å²) in [6, 6.07) is 6.54. The van der Waals surface area contributed by atoms with Crippen LogP contribution in [0.15, 0.2) is 23.2 Å². The van der Waals surface area contributed by atoms with Crippen molar-refractivity contribution in [2.45, 2.75) is 43.8 Å². The molecule has 0 spiro atoms. The molecule has 1 fully saturated rings. The molecular weight excluding hydrogens is 266 g/mol. The van der Waals surface area contributed by atoms with E-state index in [1.54, 1.807) is 0 Å². The minimum absolute atomic E-state index is 0.282. The SMILES string of the molecule is CC1(CN=C(N)Nc2ccc3c(c2)CCC3)CCCS1. The number of aryl methyl sites for hydroxylation is 2. The third-order valence-electron chi connectivity index (χ3n) is 4.26. The number of guanidine groups is 1. The fraction of sp³-hybridized carbons (Fsp3) is 0.562. The van der Waals surface area contributed by atoms with Crippen LogP contribution in [0, 0.1) is 0 Å². The lowest BCUT2D eigenvalue weighted by molar-refractivity contribution is 0.619. The third kappa shape index (κ3) is 3.11. The Balaban J connectivity index is 1.62. The van der Waals surface area contributed by atoms with Crippen molar-refractivity contribution in [3.05, 3.63) is 29.3 Å². The van der Waals surface area contributed by atoms with Crippen LogP contribution in [0.5, 0.6) is 0 Å². The number of aliphatic imine (C=N–C) groups is 1. The molecule has 3 nitrogen and oxygen atoms in total. The second-order valence-corrected chi connectivity index (χ2v) is 7.75. The second kappa shape index (κ2) is 5.68. The maximum Gasteiger partial charge on any atom is 0.193 e. The summed E-state index contributed by atoms with van der Waals surface area (Å²) < 4.78 is 0.282. The first-order chi connectivity index (χ1) is 9.65. The van der Waals surface area contributed by atoms with E-state index in [-0.39, 0.29) is 4.75 Å². The van der Waals surface area contributed by atoms with Gasteiger partial charge in [0, 0.05) is 10.4 Å². The van der Waals surface area contributed by atoms with E-state index in [1.807, 2.05) is 11.8 Å². The molecule has 4 heteroatoms. The molecule has 1 unspecified atom stereocenters. The molecule has 1 heterocycles. The van der Waals surface area contributed by atoms with Gasteiger partial charge in [0.15, 0.2) is 5.96 Å². The van der Waals surface area contributed by atoms with Gasteiger partial charge in [0.25, 0.3) is 0 Å². The van der Waals surface area contributed by atoms with Crippen molar-refractivity contribution in [1.29, 1.82) is 0 Å². The predicted molar refractivity (Wildman–Crippen MR) is 88.7 cm³/mol. The normalized spacial score (nSPS) is 25.8. The highest BCUT2D eigenvalue weighted by molar-refractivity contribution is 8.00. The van der Waals surface area contributed by atoms with E-state index in [2.05, 4.69) is 35.4 Å². The van der Waals surface area contributed by atoms with E-state index in [0.717, 1.165) is 12.2 Å². The highest BCUT2D eigenvalue weighted by Crippen LogP contribution is 2.37. The minimum atomic E-state index is 0.282. The number of nitrogens with zero attached hydrogens (tertiary/aromatic N) is 1. The smallest absolute Gasteiger partial charge is 0.193 e. The first-order valence-corrected chi connectivity index (χ1v) is 8.46. The van der Waals surface area contributed by atoms with Gasteiger partial charge in [-0.2, -0.15) is 11.8 Å². The fourth-order valence-corrected chi connectivity index (χ4v) is 4.28. The van der Waals surface area contributed by atoms with E-state index in [4.69, 9.17) is 5.73 Å². The maximum absolute atomic E-state index is 6.02. The molecule has 0 saturated carbocycles. The maximum atomic E-state index is 6.02. The molecule has 1 saturated heterocycles. The van der Waals surface area contributed by atoms with Crippen molar-refractivity contribution in [1.82, 2.24) is 0 Å². The Morgan fingerprint density at radius 3 is 3.00 bits per heavy atom. The predicted octanol–water partition coefficient (Wildman–Crippen LogP) is 3.19. The molecule has 1 aliphatic heterocycles. The van der Waals surface area contributed by atoms with Crippen molar-refractivity contribution in [3.63, 3.8) is 0 Å². The molecule has 108 valence electrons. The van der Waals surface area contributed by atoms with Gasteiger partial charge in [-0.15, -0.1) is 0 Å². The van der Waals surface area contributed by atoms with Gasteiger partial charge >= 0.3 is 0 Å². The van der Waals surface area contributed by atoms with Crippen LogP contribution < -0.4 is 11.1 Å². The topological polar surface area (TPSA) is 50.4 Å². The number of nitrogens with one attached hydrogen (secondary N) is 1. The van der Waals surface area contributed by atoms with E-state index in [1.165, 1.54) is 49.0 Å². The molecule has 20 heavy (non-hydrogen) atoms. The number of benzene rings is 1. The summed E-state index contributed by atoms with van der Waals surface area (Å²) in [5, 5.41) is 3.23. The van der Waals surface area contributed by atoms with E-state index in [0.29, 0.717) is 5.96 Å². The lowest BCUT2D eigenvalue weighted by Crippen LogP contribution is -2.27. The van der Waals surface area contributed by atoms with Crippen molar-refractivity contribution >= 4 is 23.4 Å². The number of fused-ring (bicyclic) bond motifs is 1. The zero-order chi connectivity index (χ0) is 14.0. The zero-order valence-corrected chi connectivity index (χ0v) is 12.9. The molecule has 1 aromatic rings. The lowest BCUT2D eigenvalue weighted by atomic mass is 10.1. The number of hydrogen-bond acceptors (Lipinski definition) is 2. The molecule has 0 radical (unpaired) electrons.